The average Bonchev–Trinajstić information content (AvgIpc) is 2.29. The molecule has 3 heteroatoms. The van der Waals surface area contributed by atoms with Crippen molar-refractivity contribution in [1.82, 2.24) is 5.32 Å². The molecular weight excluding hydrogens is 190 g/mol. The van der Waals surface area contributed by atoms with Gasteiger partial charge in [0.05, 0.1) is 12.7 Å². The second kappa shape index (κ2) is 7.20. The van der Waals surface area contributed by atoms with E-state index in [-0.39, 0.29) is 0 Å². The summed E-state index contributed by atoms with van der Waals surface area (Å²) in [6.07, 6.45) is 4.99. The van der Waals surface area contributed by atoms with Crippen LogP contribution in [0.15, 0.2) is 0 Å². The largest absolute Gasteiger partial charge is 0.383 e. The summed E-state index contributed by atoms with van der Waals surface area (Å²) in [7, 11) is 1.77. The van der Waals surface area contributed by atoms with Gasteiger partial charge < -0.3 is 14.8 Å². The first-order chi connectivity index (χ1) is 7.30. The van der Waals surface area contributed by atoms with E-state index in [1.807, 2.05) is 0 Å². The van der Waals surface area contributed by atoms with Crippen LogP contribution >= 0.6 is 0 Å². The van der Waals surface area contributed by atoms with Gasteiger partial charge in [-0.15, -0.1) is 0 Å². The molecule has 1 rings (SSSR count). The zero-order chi connectivity index (χ0) is 11.1. The van der Waals surface area contributed by atoms with Gasteiger partial charge in [-0.3, -0.25) is 0 Å². The minimum Gasteiger partial charge on any atom is -0.383 e. The Kier molecular flexibility index (Phi) is 6.22. The van der Waals surface area contributed by atoms with E-state index in [9.17, 15) is 0 Å². The first-order valence-corrected chi connectivity index (χ1v) is 6.16. The third-order valence-electron chi connectivity index (χ3n) is 3.15. The Morgan fingerprint density at radius 2 is 2.27 bits per heavy atom. The number of hydrogen-bond donors (Lipinski definition) is 1. The lowest BCUT2D eigenvalue weighted by Crippen LogP contribution is -2.45. The molecule has 3 nitrogen and oxygen atoms in total. The molecule has 0 bridgehead atoms. The van der Waals surface area contributed by atoms with E-state index in [1.54, 1.807) is 7.11 Å². The zero-order valence-corrected chi connectivity index (χ0v) is 10.3. The van der Waals surface area contributed by atoms with Crippen molar-refractivity contribution in [1.29, 1.82) is 0 Å². The van der Waals surface area contributed by atoms with Gasteiger partial charge >= 0.3 is 0 Å². The standard InChI is InChI=1S/C12H25NO2/c1-4-10(9-14-3)13-11-6-7-15-12(5-2)8-11/h10-13H,4-9H2,1-3H3. The lowest BCUT2D eigenvalue weighted by molar-refractivity contribution is -0.00403. The summed E-state index contributed by atoms with van der Waals surface area (Å²) in [5.74, 6) is 0. The number of nitrogens with one attached hydrogen (secondary N) is 1. The Morgan fingerprint density at radius 1 is 1.47 bits per heavy atom. The molecule has 0 aromatic carbocycles. The highest BCUT2D eigenvalue weighted by Crippen LogP contribution is 2.17. The predicted molar refractivity (Wildman–Crippen MR) is 62.1 cm³/mol. The van der Waals surface area contributed by atoms with E-state index in [2.05, 4.69) is 19.2 Å². The fraction of sp³-hybridized carbons (Fsp3) is 1.00. The summed E-state index contributed by atoms with van der Waals surface area (Å²) in [5.41, 5.74) is 0. The summed E-state index contributed by atoms with van der Waals surface area (Å²) >= 11 is 0. The molecule has 90 valence electrons. The van der Waals surface area contributed by atoms with Crippen molar-refractivity contribution >= 4 is 0 Å². The summed E-state index contributed by atoms with van der Waals surface area (Å²) in [6, 6.07) is 1.11. The molecule has 0 saturated carbocycles. The molecule has 3 unspecified atom stereocenters. The van der Waals surface area contributed by atoms with Crippen LogP contribution in [0.3, 0.4) is 0 Å². The maximum Gasteiger partial charge on any atom is 0.0615 e. The molecular formula is C12H25NO2. The van der Waals surface area contributed by atoms with Gasteiger partial charge in [0.2, 0.25) is 0 Å². The van der Waals surface area contributed by atoms with E-state index >= 15 is 0 Å². The fourth-order valence-electron chi connectivity index (χ4n) is 2.13. The first kappa shape index (κ1) is 12.9. The third-order valence-corrected chi connectivity index (χ3v) is 3.15. The molecule has 1 aliphatic rings. The Labute approximate surface area is 93.5 Å². The zero-order valence-electron chi connectivity index (χ0n) is 10.3. The number of ether oxygens (including phenoxy) is 2. The van der Waals surface area contributed by atoms with Crippen molar-refractivity contribution in [3.05, 3.63) is 0 Å². The Balaban J connectivity index is 2.29. The van der Waals surface area contributed by atoms with Gasteiger partial charge in [0.25, 0.3) is 0 Å². The summed E-state index contributed by atoms with van der Waals surface area (Å²) < 4.78 is 10.9. The highest BCUT2D eigenvalue weighted by atomic mass is 16.5. The normalized spacial score (nSPS) is 29.0. The van der Waals surface area contributed by atoms with E-state index < -0.39 is 0 Å². The van der Waals surface area contributed by atoms with Crippen LogP contribution in [0.5, 0.6) is 0 Å². The van der Waals surface area contributed by atoms with Gasteiger partial charge in [-0.25, -0.2) is 0 Å². The molecule has 0 radical (unpaired) electrons. The number of methoxy groups -OCH3 is 1. The topological polar surface area (TPSA) is 30.5 Å². The molecule has 1 aliphatic heterocycles. The van der Waals surface area contributed by atoms with Gasteiger partial charge in [-0.1, -0.05) is 13.8 Å². The molecule has 3 atom stereocenters. The van der Waals surface area contributed by atoms with Crippen molar-refractivity contribution in [2.45, 2.75) is 57.7 Å². The van der Waals surface area contributed by atoms with Crippen LogP contribution in [0.25, 0.3) is 0 Å². The van der Waals surface area contributed by atoms with Gasteiger partial charge in [-0.05, 0) is 25.7 Å². The second-order valence-electron chi connectivity index (χ2n) is 4.35. The van der Waals surface area contributed by atoms with Crippen LogP contribution in [0.1, 0.15) is 39.5 Å². The quantitative estimate of drug-likeness (QED) is 0.734. The predicted octanol–water partition coefficient (Wildman–Crippen LogP) is 1.96. The van der Waals surface area contributed by atoms with Crippen LogP contribution < -0.4 is 5.32 Å². The van der Waals surface area contributed by atoms with Crippen LogP contribution in [0.2, 0.25) is 0 Å². The fourth-order valence-corrected chi connectivity index (χ4v) is 2.13. The molecule has 0 aliphatic carbocycles. The van der Waals surface area contributed by atoms with E-state index in [1.165, 1.54) is 0 Å². The number of rotatable bonds is 6. The van der Waals surface area contributed by atoms with Gasteiger partial charge in [0.1, 0.15) is 0 Å². The van der Waals surface area contributed by atoms with Gasteiger partial charge in [-0.2, -0.15) is 0 Å². The van der Waals surface area contributed by atoms with E-state index in [0.29, 0.717) is 18.2 Å². The van der Waals surface area contributed by atoms with E-state index in [4.69, 9.17) is 9.47 Å². The van der Waals surface area contributed by atoms with Crippen LogP contribution in [0, 0.1) is 0 Å². The highest BCUT2D eigenvalue weighted by Gasteiger charge is 2.22. The third kappa shape index (κ3) is 4.49. The average molecular weight is 215 g/mol. The lowest BCUT2D eigenvalue weighted by Gasteiger charge is -2.32. The minimum atomic E-state index is 0.455. The summed E-state index contributed by atoms with van der Waals surface area (Å²) in [5, 5.41) is 3.67. The molecule has 0 spiro atoms. The van der Waals surface area contributed by atoms with Gasteiger partial charge in [0.15, 0.2) is 0 Å². The number of hydrogen-bond acceptors (Lipinski definition) is 3. The van der Waals surface area contributed by atoms with Crippen molar-refractivity contribution in [2.24, 2.45) is 0 Å². The molecule has 1 N–H and O–H groups in total. The molecule has 0 aromatic heterocycles. The van der Waals surface area contributed by atoms with Gasteiger partial charge in [0, 0.05) is 25.8 Å². The second-order valence-corrected chi connectivity index (χ2v) is 4.35. The Bertz CT molecular complexity index is 164. The smallest absolute Gasteiger partial charge is 0.0615 e. The van der Waals surface area contributed by atoms with Crippen molar-refractivity contribution in [2.75, 3.05) is 20.3 Å². The lowest BCUT2D eigenvalue weighted by atomic mass is 10.0. The van der Waals surface area contributed by atoms with E-state index in [0.717, 1.165) is 38.9 Å². The van der Waals surface area contributed by atoms with Crippen LogP contribution in [-0.2, 0) is 9.47 Å². The molecule has 0 aromatic rings. The first-order valence-electron chi connectivity index (χ1n) is 6.16. The van der Waals surface area contributed by atoms with Crippen LogP contribution in [0.4, 0.5) is 0 Å². The SMILES string of the molecule is CCC(COC)NC1CCOC(CC)C1. The summed E-state index contributed by atoms with van der Waals surface area (Å²) in [4.78, 5) is 0. The maximum absolute atomic E-state index is 5.66. The monoisotopic (exact) mass is 215 g/mol. The van der Waals surface area contributed by atoms with Crippen molar-refractivity contribution < 1.29 is 9.47 Å². The minimum absolute atomic E-state index is 0.455. The van der Waals surface area contributed by atoms with Crippen molar-refractivity contribution in [3.63, 3.8) is 0 Å². The molecule has 0 amide bonds. The highest BCUT2D eigenvalue weighted by molar-refractivity contribution is 4.79. The molecule has 15 heavy (non-hydrogen) atoms. The molecule has 1 heterocycles. The Hall–Kier alpha value is -0.120. The Morgan fingerprint density at radius 3 is 2.87 bits per heavy atom. The summed E-state index contributed by atoms with van der Waals surface area (Å²) in [6.45, 7) is 6.11. The van der Waals surface area contributed by atoms with Crippen LogP contribution in [-0.4, -0.2) is 38.5 Å². The van der Waals surface area contributed by atoms with Crippen molar-refractivity contribution in [3.8, 4) is 0 Å². The molecule has 1 saturated heterocycles. The molecule has 1 fully saturated rings. The maximum atomic E-state index is 5.66.